The highest BCUT2D eigenvalue weighted by molar-refractivity contribution is 5.84. The lowest BCUT2D eigenvalue weighted by Gasteiger charge is -2.02. The molecular formula is C14H13NO3. The fraction of sp³-hybridized carbons (Fsp3) is 0.0714. The number of carboxylic acids is 1. The van der Waals surface area contributed by atoms with Gasteiger partial charge in [0, 0.05) is 17.3 Å². The van der Waals surface area contributed by atoms with Gasteiger partial charge in [0.1, 0.15) is 11.5 Å². The predicted octanol–water partition coefficient (Wildman–Crippen LogP) is 2.94. The lowest BCUT2D eigenvalue weighted by molar-refractivity contribution is -0.131. The fourth-order valence-corrected chi connectivity index (χ4v) is 1.54. The highest BCUT2D eigenvalue weighted by Crippen LogP contribution is 2.26. The van der Waals surface area contributed by atoms with E-state index in [0.29, 0.717) is 17.2 Å². The zero-order valence-corrected chi connectivity index (χ0v) is 9.88. The van der Waals surface area contributed by atoms with Gasteiger partial charge in [0.2, 0.25) is 0 Å². The number of nitrogen functional groups attached to an aromatic ring is 1. The van der Waals surface area contributed by atoms with Crippen LogP contribution >= 0.6 is 0 Å². The third kappa shape index (κ3) is 2.60. The molecule has 2 rings (SSSR count). The molecule has 0 aliphatic rings. The van der Waals surface area contributed by atoms with Gasteiger partial charge < -0.3 is 15.3 Å². The van der Waals surface area contributed by atoms with Crippen molar-refractivity contribution in [1.29, 1.82) is 0 Å². The van der Waals surface area contributed by atoms with Gasteiger partial charge in [0.05, 0.1) is 0 Å². The second-order valence-corrected chi connectivity index (χ2v) is 3.94. The average Bonchev–Trinajstić information content (AvgIpc) is 2.79. The minimum absolute atomic E-state index is 0.492. The van der Waals surface area contributed by atoms with Crippen LogP contribution in [0.15, 0.2) is 40.8 Å². The van der Waals surface area contributed by atoms with E-state index in [1.165, 1.54) is 6.08 Å². The first kappa shape index (κ1) is 12.0. The number of furan rings is 1. The monoisotopic (exact) mass is 243 g/mol. The molecule has 2 aromatic rings. The fourth-order valence-electron chi connectivity index (χ4n) is 1.54. The Labute approximate surface area is 104 Å². The first-order valence-electron chi connectivity index (χ1n) is 5.43. The average molecular weight is 243 g/mol. The van der Waals surface area contributed by atoms with Gasteiger partial charge in [0.25, 0.3) is 0 Å². The molecule has 0 atom stereocenters. The van der Waals surface area contributed by atoms with Gasteiger partial charge in [-0.05, 0) is 36.8 Å². The first-order chi connectivity index (χ1) is 8.56. The summed E-state index contributed by atoms with van der Waals surface area (Å²) in [5, 5.41) is 8.52. The van der Waals surface area contributed by atoms with E-state index in [4.69, 9.17) is 15.3 Å². The van der Waals surface area contributed by atoms with Crippen LogP contribution in [0, 0.1) is 6.92 Å². The molecule has 0 fully saturated rings. The molecule has 18 heavy (non-hydrogen) atoms. The molecule has 0 aliphatic heterocycles. The molecule has 0 radical (unpaired) electrons. The zero-order chi connectivity index (χ0) is 13.1. The predicted molar refractivity (Wildman–Crippen MR) is 70.0 cm³/mol. The second kappa shape index (κ2) is 4.79. The van der Waals surface area contributed by atoms with E-state index >= 15 is 0 Å². The van der Waals surface area contributed by atoms with Crippen LogP contribution in [0.1, 0.15) is 11.3 Å². The van der Waals surface area contributed by atoms with E-state index < -0.39 is 5.97 Å². The lowest BCUT2D eigenvalue weighted by Crippen LogP contribution is -1.89. The quantitative estimate of drug-likeness (QED) is 0.641. The van der Waals surface area contributed by atoms with Crippen molar-refractivity contribution in [2.24, 2.45) is 0 Å². The normalized spacial score (nSPS) is 10.9. The van der Waals surface area contributed by atoms with E-state index in [2.05, 4.69) is 0 Å². The summed E-state index contributed by atoms with van der Waals surface area (Å²) in [6.07, 6.45) is 2.44. The summed E-state index contributed by atoms with van der Waals surface area (Å²) < 4.78 is 5.51. The summed E-state index contributed by atoms with van der Waals surface area (Å²) in [6.45, 7) is 1.93. The number of anilines is 1. The Kier molecular flexibility index (Phi) is 3.19. The summed E-state index contributed by atoms with van der Waals surface area (Å²) in [5.74, 6) is 0.144. The van der Waals surface area contributed by atoms with Crippen LogP contribution in [0.25, 0.3) is 17.4 Å². The van der Waals surface area contributed by atoms with Gasteiger partial charge in [-0.15, -0.1) is 0 Å². The maximum absolute atomic E-state index is 10.4. The molecule has 0 saturated heterocycles. The molecule has 1 aromatic carbocycles. The molecule has 0 bridgehead atoms. The van der Waals surface area contributed by atoms with Crippen molar-refractivity contribution in [3.63, 3.8) is 0 Å². The molecule has 0 unspecified atom stereocenters. The van der Waals surface area contributed by atoms with Crippen molar-refractivity contribution in [2.45, 2.75) is 6.92 Å². The number of hydrogen-bond donors (Lipinski definition) is 2. The van der Waals surface area contributed by atoms with Crippen LogP contribution in [0.5, 0.6) is 0 Å². The summed E-state index contributed by atoms with van der Waals surface area (Å²) in [7, 11) is 0. The second-order valence-electron chi connectivity index (χ2n) is 3.94. The van der Waals surface area contributed by atoms with Crippen LogP contribution in [-0.2, 0) is 4.79 Å². The molecule has 1 aromatic heterocycles. The number of carbonyl (C=O) groups is 1. The standard InChI is InChI=1S/C14H13NO3/c1-9-2-3-10(8-12(9)15)13-6-4-11(18-13)5-7-14(16)17/h2-8H,15H2,1H3,(H,16,17). The zero-order valence-electron chi connectivity index (χ0n) is 9.88. The molecule has 4 nitrogen and oxygen atoms in total. The van der Waals surface area contributed by atoms with Crippen LogP contribution in [0.3, 0.4) is 0 Å². The van der Waals surface area contributed by atoms with E-state index in [9.17, 15) is 4.79 Å². The Morgan fingerprint density at radius 1 is 1.33 bits per heavy atom. The van der Waals surface area contributed by atoms with E-state index in [1.54, 1.807) is 12.1 Å². The number of hydrogen-bond acceptors (Lipinski definition) is 3. The van der Waals surface area contributed by atoms with Gasteiger partial charge >= 0.3 is 5.97 Å². The van der Waals surface area contributed by atoms with Crippen molar-refractivity contribution in [3.05, 3.63) is 47.7 Å². The lowest BCUT2D eigenvalue weighted by atomic mass is 10.1. The molecule has 1 heterocycles. The van der Waals surface area contributed by atoms with Crippen molar-refractivity contribution < 1.29 is 14.3 Å². The smallest absolute Gasteiger partial charge is 0.328 e. The molecule has 0 aliphatic carbocycles. The van der Waals surface area contributed by atoms with Gasteiger partial charge in [-0.25, -0.2) is 4.79 Å². The Bertz CT molecular complexity index is 611. The molecule has 0 saturated carbocycles. The minimum atomic E-state index is -1.01. The largest absolute Gasteiger partial charge is 0.478 e. The van der Waals surface area contributed by atoms with Crippen LogP contribution < -0.4 is 5.73 Å². The number of carboxylic acid groups (broad SMARTS) is 1. The first-order valence-corrected chi connectivity index (χ1v) is 5.43. The summed E-state index contributed by atoms with van der Waals surface area (Å²) in [4.78, 5) is 10.4. The number of aryl methyl sites for hydroxylation is 1. The highest BCUT2D eigenvalue weighted by atomic mass is 16.4. The molecule has 3 N–H and O–H groups in total. The van der Waals surface area contributed by atoms with Crippen molar-refractivity contribution in [3.8, 4) is 11.3 Å². The third-order valence-electron chi connectivity index (χ3n) is 2.58. The maximum atomic E-state index is 10.4. The van der Waals surface area contributed by atoms with Crippen molar-refractivity contribution in [2.75, 3.05) is 5.73 Å². The highest BCUT2D eigenvalue weighted by Gasteiger charge is 2.04. The molecule has 0 amide bonds. The molecule has 92 valence electrons. The van der Waals surface area contributed by atoms with E-state index in [1.807, 2.05) is 25.1 Å². The van der Waals surface area contributed by atoms with Gasteiger partial charge in [-0.3, -0.25) is 0 Å². The van der Waals surface area contributed by atoms with Crippen molar-refractivity contribution in [1.82, 2.24) is 0 Å². The topological polar surface area (TPSA) is 76.5 Å². The summed E-state index contributed by atoms with van der Waals surface area (Å²) in [5.41, 5.74) is 8.41. The van der Waals surface area contributed by atoms with Crippen LogP contribution in [-0.4, -0.2) is 11.1 Å². The number of benzene rings is 1. The molecular weight excluding hydrogens is 230 g/mol. The molecule has 4 heteroatoms. The van der Waals surface area contributed by atoms with Gasteiger partial charge in [0.15, 0.2) is 0 Å². The minimum Gasteiger partial charge on any atom is -0.478 e. The Morgan fingerprint density at radius 3 is 2.78 bits per heavy atom. The van der Waals surface area contributed by atoms with Gasteiger partial charge in [-0.2, -0.15) is 0 Å². The SMILES string of the molecule is Cc1ccc(-c2ccc(C=CC(=O)O)o2)cc1N. The number of aliphatic carboxylic acids is 1. The van der Waals surface area contributed by atoms with Crippen LogP contribution in [0.2, 0.25) is 0 Å². The van der Waals surface area contributed by atoms with Gasteiger partial charge in [-0.1, -0.05) is 12.1 Å². The third-order valence-corrected chi connectivity index (χ3v) is 2.58. The Balaban J connectivity index is 2.29. The number of nitrogens with two attached hydrogens (primary N) is 1. The Morgan fingerprint density at radius 2 is 2.11 bits per heavy atom. The summed E-state index contributed by atoms with van der Waals surface area (Å²) in [6, 6.07) is 9.16. The van der Waals surface area contributed by atoms with E-state index in [0.717, 1.165) is 17.2 Å². The molecule has 0 spiro atoms. The maximum Gasteiger partial charge on any atom is 0.328 e. The van der Waals surface area contributed by atoms with Crippen molar-refractivity contribution >= 4 is 17.7 Å². The summed E-state index contributed by atoms with van der Waals surface area (Å²) >= 11 is 0. The Hall–Kier alpha value is -2.49. The number of rotatable bonds is 3. The van der Waals surface area contributed by atoms with E-state index in [-0.39, 0.29) is 0 Å². The van der Waals surface area contributed by atoms with Crippen LogP contribution in [0.4, 0.5) is 5.69 Å².